The largest absolute Gasteiger partial charge is 0.444 e. The average molecular weight is 213 g/mol. The minimum absolute atomic E-state index is 0.0336. The van der Waals surface area contributed by atoms with Crippen molar-refractivity contribution < 1.29 is 14.6 Å². The molecule has 0 aliphatic carbocycles. The van der Waals surface area contributed by atoms with E-state index >= 15 is 0 Å². The summed E-state index contributed by atoms with van der Waals surface area (Å²) in [6.07, 6.45) is 3.50. The van der Waals surface area contributed by atoms with E-state index in [1.807, 2.05) is 32.9 Å². The Kier molecular flexibility index (Phi) is 3.74. The first kappa shape index (κ1) is 12.0. The molecule has 4 heteroatoms. The van der Waals surface area contributed by atoms with Crippen molar-refractivity contribution in [3.63, 3.8) is 0 Å². The number of rotatable bonds is 1. The third-order valence-corrected chi connectivity index (χ3v) is 2.08. The smallest absolute Gasteiger partial charge is 0.410 e. The molecule has 1 amide bonds. The molecule has 1 heterocycles. The van der Waals surface area contributed by atoms with Crippen LogP contribution in [0.5, 0.6) is 0 Å². The fourth-order valence-corrected chi connectivity index (χ4v) is 1.39. The van der Waals surface area contributed by atoms with Gasteiger partial charge in [-0.1, -0.05) is 12.2 Å². The summed E-state index contributed by atoms with van der Waals surface area (Å²) in [4.78, 5) is 13.3. The quantitative estimate of drug-likeness (QED) is 0.670. The van der Waals surface area contributed by atoms with Gasteiger partial charge in [-0.2, -0.15) is 0 Å². The van der Waals surface area contributed by atoms with Gasteiger partial charge in [0, 0.05) is 19.0 Å². The van der Waals surface area contributed by atoms with E-state index in [4.69, 9.17) is 9.84 Å². The second kappa shape index (κ2) is 4.66. The zero-order chi connectivity index (χ0) is 11.5. The van der Waals surface area contributed by atoms with Gasteiger partial charge in [0.25, 0.3) is 0 Å². The third kappa shape index (κ3) is 3.91. The third-order valence-electron chi connectivity index (χ3n) is 2.08. The summed E-state index contributed by atoms with van der Waals surface area (Å²) in [5.74, 6) is 0.0336. The minimum Gasteiger partial charge on any atom is -0.444 e. The van der Waals surface area contributed by atoms with Crippen LogP contribution in [0.15, 0.2) is 12.2 Å². The summed E-state index contributed by atoms with van der Waals surface area (Å²) in [6.45, 7) is 6.68. The fraction of sp³-hybridized carbons (Fsp3) is 0.727. The number of hydrogen-bond acceptors (Lipinski definition) is 3. The molecule has 0 fully saturated rings. The van der Waals surface area contributed by atoms with Crippen molar-refractivity contribution in [1.29, 1.82) is 0 Å². The standard InChI is InChI=1S/C11H19NO3/c1-11(2,3)15-10(14)12-6-4-5-9(7-12)8-13/h4-5,9,13H,6-8H2,1-3H3/t9-/m1/s1. The van der Waals surface area contributed by atoms with Gasteiger partial charge in [0.2, 0.25) is 0 Å². The number of aliphatic hydroxyl groups excluding tert-OH is 1. The Hall–Kier alpha value is -1.03. The summed E-state index contributed by atoms with van der Waals surface area (Å²) in [6, 6.07) is 0. The molecule has 0 bridgehead atoms. The van der Waals surface area contributed by atoms with E-state index in [0.717, 1.165) is 0 Å². The molecule has 0 aromatic heterocycles. The molecule has 0 saturated heterocycles. The van der Waals surface area contributed by atoms with Crippen LogP contribution < -0.4 is 0 Å². The Morgan fingerprint density at radius 2 is 2.27 bits per heavy atom. The van der Waals surface area contributed by atoms with E-state index in [-0.39, 0.29) is 18.6 Å². The molecule has 1 rings (SSSR count). The topological polar surface area (TPSA) is 49.8 Å². The molecular formula is C11H19NO3. The van der Waals surface area contributed by atoms with Gasteiger partial charge in [0.1, 0.15) is 5.60 Å². The van der Waals surface area contributed by atoms with Crippen molar-refractivity contribution in [3.05, 3.63) is 12.2 Å². The number of amides is 1. The maximum atomic E-state index is 11.7. The van der Waals surface area contributed by atoms with Crippen LogP contribution >= 0.6 is 0 Å². The highest BCUT2D eigenvalue weighted by Crippen LogP contribution is 2.14. The number of carbonyl (C=O) groups is 1. The maximum absolute atomic E-state index is 11.7. The highest BCUT2D eigenvalue weighted by Gasteiger charge is 2.24. The van der Waals surface area contributed by atoms with Crippen LogP contribution in [0.4, 0.5) is 4.79 Å². The molecule has 1 aliphatic heterocycles. The van der Waals surface area contributed by atoms with Crippen LogP contribution in [-0.4, -0.2) is 41.4 Å². The van der Waals surface area contributed by atoms with Gasteiger partial charge in [-0.25, -0.2) is 4.79 Å². The van der Waals surface area contributed by atoms with Crippen LogP contribution in [0.2, 0.25) is 0 Å². The van der Waals surface area contributed by atoms with Crippen molar-refractivity contribution in [2.75, 3.05) is 19.7 Å². The van der Waals surface area contributed by atoms with Crippen molar-refractivity contribution in [3.8, 4) is 0 Å². The first-order chi connectivity index (χ1) is 6.92. The van der Waals surface area contributed by atoms with E-state index in [1.54, 1.807) is 4.90 Å². The molecule has 0 aromatic rings. The van der Waals surface area contributed by atoms with Crippen molar-refractivity contribution >= 4 is 6.09 Å². The lowest BCUT2D eigenvalue weighted by Gasteiger charge is -2.30. The average Bonchev–Trinajstić information content (AvgIpc) is 2.15. The molecule has 0 saturated carbocycles. The second-order valence-corrected chi connectivity index (χ2v) is 4.76. The fourth-order valence-electron chi connectivity index (χ4n) is 1.39. The van der Waals surface area contributed by atoms with Gasteiger partial charge >= 0.3 is 6.09 Å². The summed E-state index contributed by atoms with van der Waals surface area (Å²) in [7, 11) is 0. The summed E-state index contributed by atoms with van der Waals surface area (Å²) in [5, 5.41) is 8.99. The molecule has 0 radical (unpaired) electrons. The van der Waals surface area contributed by atoms with E-state index in [0.29, 0.717) is 13.1 Å². The van der Waals surface area contributed by atoms with Gasteiger partial charge in [-0.3, -0.25) is 0 Å². The molecule has 0 spiro atoms. The second-order valence-electron chi connectivity index (χ2n) is 4.76. The van der Waals surface area contributed by atoms with Crippen LogP contribution in [0.25, 0.3) is 0 Å². The first-order valence-corrected chi connectivity index (χ1v) is 5.18. The molecule has 1 atom stereocenters. The lowest BCUT2D eigenvalue weighted by molar-refractivity contribution is 0.0229. The maximum Gasteiger partial charge on any atom is 0.410 e. The molecule has 1 aliphatic rings. The summed E-state index contributed by atoms with van der Waals surface area (Å²) < 4.78 is 5.24. The van der Waals surface area contributed by atoms with Gasteiger partial charge < -0.3 is 14.7 Å². The van der Waals surface area contributed by atoms with Gasteiger partial charge in [-0.15, -0.1) is 0 Å². The van der Waals surface area contributed by atoms with Gasteiger partial charge in [0.15, 0.2) is 0 Å². The number of aliphatic hydroxyl groups is 1. The zero-order valence-electron chi connectivity index (χ0n) is 9.56. The van der Waals surface area contributed by atoms with Crippen LogP contribution in [-0.2, 0) is 4.74 Å². The predicted molar refractivity (Wildman–Crippen MR) is 57.5 cm³/mol. The Morgan fingerprint density at radius 1 is 1.60 bits per heavy atom. The predicted octanol–water partition coefficient (Wildman–Crippen LogP) is 1.40. The van der Waals surface area contributed by atoms with Gasteiger partial charge in [-0.05, 0) is 20.8 Å². The summed E-state index contributed by atoms with van der Waals surface area (Å²) in [5.41, 5.74) is -0.465. The first-order valence-electron chi connectivity index (χ1n) is 5.18. The van der Waals surface area contributed by atoms with Crippen LogP contribution in [0, 0.1) is 5.92 Å². The Bertz CT molecular complexity index is 255. The van der Waals surface area contributed by atoms with E-state index in [1.165, 1.54) is 0 Å². The number of ether oxygens (including phenoxy) is 1. The van der Waals surface area contributed by atoms with E-state index in [2.05, 4.69) is 0 Å². The van der Waals surface area contributed by atoms with Crippen LogP contribution in [0.1, 0.15) is 20.8 Å². The molecule has 0 aromatic carbocycles. The Morgan fingerprint density at radius 3 is 2.80 bits per heavy atom. The lowest BCUT2D eigenvalue weighted by Crippen LogP contribution is -2.41. The molecule has 4 nitrogen and oxygen atoms in total. The van der Waals surface area contributed by atoms with Crippen molar-refractivity contribution in [2.24, 2.45) is 5.92 Å². The molecule has 0 unspecified atom stereocenters. The molecule has 86 valence electrons. The highest BCUT2D eigenvalue weighted by molar-refractivity contribution is 5.68. The Labute approximate surface area is 90.5 Å². The van der Waals surface area contributed by atoms with Crippen molar-refractivity contribution in [2.45, 2.75) is 26.4 Å². The van der Waals surface area contributed by atoms with Crippen LogP contribution in [0.3, 0.4) is 0 Å². The summed E-state index contributed by atoms with van der Waals surface area (Å²) >= 11 is 0. The van der Waals surface area contributed by atoms with E-state index in [9.17, 15) is 4.79 Å². The Balaban J connectivity index is 2.51. The number of carbonyl (C=O) groups excluding carboxylic acids is 1. The number of nitrogens with zero attached hydrogens (tertiary/aromatic N) is 1. The minimum atomic E-state index is -0.465. The van der Waals surface area contributed by atoms with E-state index < -0.39 is 5.60 Å². The molecule has 1 N–H and O–H groups in total. The lowest BCUT2D eigenvalue weighted by atomic mass is 10.1. The zero-order valence-corrected chi connectivity index (χ0v) is 9.56. The normalized spacial score (nSPS) is 21.6. The molecule has 15 heavy (non-hydrogen) atoms. The SMILES string of the molecule is CC(C)(C)OC(=O)N1CC=C[C@@H](CO)C1. The number of hydrogen-bond donors (Lipinski definition) is 1. The van der Waals surface area contributed by atoms with Crippen molar-refractivity contribution in [1.82, 2.24) is 4.90 Å². The highest BCUT2D eigenvalue weighted by atomic mass is 16.6. The molecular weight excluding hydrogens is 194 g/mol. The monoisotopic (exact) mass is 213 g/mol. The van der Waals surface area contributed by atoms with Gasteiger partial charge in [0.05, 0.1) is 6.61 Å².